The summed E-state index contributed by atoms with van der Waals surface area (Å²) in [5.74, 6) is 0.536. The van der Waals surface area contributed by atoms with Crippen molar-refractivity contribution in [3.05, 3.63) is 82.9 Å². The molecule has 160 valence electrons. The quantitative estimate of drug-likeness (QED) is 0.373. The maximum Gasteiger partial charge on any atom is 0.323 e. The number of carbonyl (C=O) groups is 1. The molecular formula is C20H18N4O6S. The number of sulfonamides is 1. The second kappa shape index (κ2) is 9.13. The van der Waals surface area contributed by atoms with Crippen molar-refractivity contribution < 1.29 is 22.9 Å². The molecule has 11 heteroatoms. The maximum absolute atomic E-state index is 12.5. The average molecular weight is 442 g/mol. The van der Waals surface area contributed by atoms with Gasteiger partial charge < -0.3 is 15.4 Å². The van der Waals surface area contributed by atoms with Crippen LogP contribution in [0.15, 0.2) is 77.7 Å². The molecule has 0 aliphatic rings. The Morgan fingerprint density at radius 2 is 1.52 bits per heavy atom. The number of hydrogen-bond acceptors (Lipinski definition) is 6. The lowest BCUT2D eigenvalue weighted by Crippen LogP contribution is -2.20. The van der Waals surface area contributed by atoms with Crippen LogP contribution in [0.5, 0.6) is 5.75 Å². The fraction of sp³-hybridized carbons (Fsp3) is 0.0500. The molecule has 0 fully saturated rings. The molecule has 0 saturated heterocycles. The van der Waals surface area contributed by atoms with Gasteiger partial charge in [-0.3, -0.25) is 14.8 Å². The Morgan fingerprint density at radius 1 is 0.903 bits per heavy atom. The number of anilines is 3. The monoisotopic (exact) mass is 442 g/mol. The zero-order valence-electron chi connectivity index (χ0n) is 16.2. The molecule has 0 spiro atoms. The van der Waals surface area contributed by atoms with Gasteiger partial charge in [-0.05, 0) is 54.6 Å². The lowest BCUT2D eigenvalue weighted by atomic mass is 10.2. The molecule has 0 unspecified atom stereocenters. The molecule has 0 aliphatic carbocycles. The fourth-order valence-electron chi connectivity index (χ4n) is 2.61. The minimum Gasteiger partial charge on any atom is -0.497 e. The van der Waals surface area contributed by atoms with Gasteiger partial charge >= 0.3 is 6.03 Å². The van der Waals surface area contributed by atoms with Crippen molar-refractivity contribution in [3.63, 3.8) is 0 Å². The first-order chi connectivity index (χ1) is 14.8. The molecular weight excluding hydrogens is 424 g/mol. The normalized spacial score (nSPS) is 10.7. The van der Waals surface area contributed by atoms with Crippen LogP contribution in [0.25, 0.3) is 0 Å². The lowest BCUT2D eigenvalue weighted by Gasteiger charge is -2.11. The molecule has 0 radical (unpaired) electrons. The van der Waals surface area contributed by atoms with E-state index in [0.29, 0.717) is 17.1 Å². The van der Waals surface area contributed by atoms with E-state index in [1.807, 2.05) is 0 Å². The molecule has 0 saturated carbocycles. The molecule has 31 heavy (non-hydrogen) atoms. The number of para-hydroxylation sites is 2. The molecule has 0 atom stereocenters. The van der Waals surface area contributed by atoms with Crippen LogP contribution < -0.4 is 20.1 Å². The Labute approximate surface area is 178 Å². The third kappa shape index (κ3) is 5.48. The number of rotatable bonds is 7. The van der Waals surface area contributed by atoms with Crippen LogP contribution >= 0.6 is 0 Å². The van der Waals surface area contributed by atoms with Gasteiger partial charge in [-0.1, -0.05) is 12.1 Å². The van der Waals surface area contributed by atoms with Crippen LogP contribution in [-0.2, 0) is 10.0 Å². The number of nitro benzene ring substituents is 1. The number of hydrogen-bond donors (Lipinski definition) is 3. The van der Waals surface area contributed by atoms with Gasteiger partial charge in [-0.25, -0.2) is 13.2 Å². The highest BCUT2D eigenvalue weighted by Crippen LogP contribution is 2.24. The molecule has 3 N–H and O–H groups in total. The molecule has 3 rings (SSSR count). The van der Waals surface area contributed by atoms with Gasteiger partial charge in [-0.2, -0.15) is 0 Å². The highest BCUT2D eigenvalue weighted by Gasteiger charge is 2.16. The number of benzene rings is 3. The van der Waals surface area contributed by atoms with Gasteiger partial charge in [0.25, 0.3) is 15.7 Å². The van der Waals surface area contributed by atoms with Gasteiger partial charge in [0.2, 0.25) is 0 Å². The summed E-state index contributed by atoms with van der Waals surface area (Å²) >= 11 is 0. The number of ether oxygens (including phenoxy) is 1. The van der Waals surface area contributed by atoms with Crippen LogP contribution in [0, 0.1) is 10.1 Å². The van der Waals surface area contributed by atoms with E-state index >= 15 is 0 Å². The summed E-state index contributed by atoms with van der Waals surface area (Å²) in [6, 6.07) is 16.9. The van der Waals surface area contributed by atoms with Gasteiger partial charge in [0, 0.05) is 17.4 Å². The van der Waals surface area contributed by atoms with Crippen LogP contribution in [-0.4, -0.2) is 26.5 Å². The van der Waals surface area contributed by atoms with E-state index in [1.165, 1.54) is 73.8 Å². The minimum absolute atomic E-state index is 0.0499. The predicted octanol–water partition coefficient (Wildman–Crippen LogP) is 4.05. The van der Waals surface area contributed by atoms with Crippen molar-refractivity contribution in [2.24, 2.45) is 0 Å². The van der Waals surface area contributed by atoms with Gasteiger partial charge in [0.1, 0.15) is 11.4 Å². The number of carbonyl (C=O) groups excluding carboxylic acids is 1. The van der Waals surface area contributed by atoms with Gasteiger partial charge in [0.15, 0.2) is 0 Å². The summed E-state index contributed by atoms with van der Waals surface area (Å²) in [6.07, 6.45) is 0. The Hall–Kier alpha value is -4.12. The van der Waals surface area contributed by atoms with Gasteiger partial charge in [-0.15, -0.1) is 0 Å². The van der Waals surface area contributed by atoms with E-state index in [1.54, 1.807) is 6.07 Å². The Morgan fingerprint density at radius 3 is 2.13 bits per heavy atom. The first kappa shape index (κ1) is 21.6. The molecule has 3 aromatic rings. The standard InChI is InChI=1S/C20H18N4O6S/c1-30-16-10-12-17(13-11-16)31(28,29)23-15-8-6-14(7-9-15)21-20(25)22-18-4-2-3-5-19(18)24(26)27/h2-13,23H,1H3,(H2,21,22,25). The number of nitrogens with zero attached hydrogens (tertiary/aromatic N) is 1. The summed E-state index contributed by atoms with van der Waals surface area (Å²) in [5.41, 5.74) is 0.471. The number of nitro groups is 1. The molecule has 0 aliphatic heterocycles. The summed E-state index contributed by atoms with van der Waals surface area (Å²) in [6.45, 7) is 0. The molecule has 3 aromatic carbocycles. The molecule has 2 amide bonds. The van der Waals surface area contributed by atoms with Crippen molar-refractivity contribution >= 4 is 38.8 Å². The highest BCUT2D eigenvalue weighted by molar-refractivity contribution is 7.92. The van der Waals surface area contributed by atoms with E-state index in [4.69, 9.17) is 4.74 Å². The van der Waals surface area contributed by atoms with E-state index in [9.17, 15) is 23.3 Å². The molecule has 0 aromatic heterocycles. The van der Waals surface area contributed by atoms with Crippen LogP contribution in [0.1, 0.15) is 0 Å². The van der Waals surface area contributed by atoms with Crippen molar-refractivity contribution in [3.8, 4) is 5.75 Å². The molecule has 0 heterocycles. The topological polar surface area (TPSA) is 140 Å². The van der Waals surface area contributed by atoms with E-state index in [0.717, 1.165) is 0 Å². The van der Waals surface area contributed by atoms with Crippen molar-refractivity contribution in [2.75, 3.05) is 22.5 Å². The summed E-state index contributed by atoms with van der Waals surface area (Å²) in [7, 11) is -2.31. The van der Waals surface area contributed by atoms with E-state index in [-0.39, 0.29) is 16.3 Å². The number of nitrogens with one attached hydrogen (secondary N) is 3. The van der Waals surface area contributed by atoms with E-state index < -0.39 is 21.0 Å². The predicted molar refractivity (Wildman–Crippen MR) is 116 cm³/mol. The lowest BCUT2D eigenvalue weighted by molar-refractivity contribution is -0.383. The minimum atomic E-state index is -3.80. The second-order valence-electron chi connectivity index (χ2n) is 6.21. The number of amides is 2. The van der Waals surface area contributed by atoms with Crippen molar-refractivity contribution in [2.45, 2.75) is 4.90 Å². The largest absolute Gasteiger partial charge is 0.497 e. The second-order valence-corrected chi connectivity index (χ2v) is 7.89. The third-order valence-corrected chi connectivity index (χ3v) is 5.51. The highest BCUT2D eigenvalue weighted by atomic mass is 32.2. The summed E-state index contributed by atoms with van der Waals surface area (Å²) in [4.78, 5) is 22.6. The zero-order chi connectivity index (χ0) is 22.4. The fourth-order valence-corrected chi connectivity index (χ4v) is 3.67. The Balaban J connectivity index is 1.65. The van der Waals surface area contributed by atoms with Crippen molar-refractivity contribution in [1.82, 2.24) is 0 Å². The summed E-state index contributed by atoms with van der Waals surface area (Å²) in [5, 5.41) is 16.0. The third-order valence-electron chi connectivity index (χ3n) is 4.11. The van der Waals surface area contributed by atoms with Crippen molar-refractivity contribution in [1.29, 1.82) is 0 Å². The van der Waals surface area contributed by atoms with Crippen LogP contribution in [0.4, 0.5) is 27.5 Å². The Kier molecular flexibility index (Phi) is 6.36. The average Bonchev–Trinajstić information content (AvgIpc) is 2.75. The molecule has 0 bridgehead atoms. The van der Waals surface area contributed by atoms with Gasteiger partial charge in [0.05, 0.1) is 16.9 Å². The smallest absolute Gasteiger partial charge is 0.323 e. The number of methoxy groups -OCH3 is 1. The maximum atomic E-state index is 12.5. The molecule has 10 nitrogen and oxygen atoms in total. The Bertz CT molecular complexity index is 1200. The first-order valence-corrected chi connectivity index (χ1v) is 10.4. The zero-order valence-corrected chi connectivity index (χ0v) is 17.0. The summed E-state index contributed by atoms with van der Waals surface area (Å²) < 4.78 is 32.4. The first-order valence-electron chi connectivity index (χ1n) is 8.87. The SMILES string of the molecule is COc1ccc(S(=O)(=O)Nc2ccc(NC(=O)Nc3ccccc3[N+](=O)[O-])cc2)cc1. The number of urea groups is 1. The van der Waals surface area contributed by atoms with Crippen LogP contribution in [0.2, 0.25) is 0 Å². The van der Waals surface area contributed by atoms with E-state index in [2.05, 4.69) is 15.4 Å². The van der Waals surface area contributed by atoms with Crippen LogP contribution in [0.3, 0.4) is 0 Å².